The van der Waals surface area contributed by atoms with Crippen molar-refractivity contribution < 1.29 is 9.47 Å². The Morgan fingerprint density at radius 3 is 2.22 bits per heavy atom. The first-order valence-electron chi connectivity index (χ1n) is 12.8. The molecular weight excluding hydrogens is 476 g/mol. The molecule has 3 heteroatoms. The highest BCUT2D eigenvalue weighted by Gasteiger charge is 2.11. The van der Waals surface area contributed by atoms with E-state index in [-0.39, 0.29) is 0 Å². The molecule has 0 aliphatic rings. The second-order valence-corrected chi connectivity index (χ2v) is 9.88. The molecule has 4 aromatic carbocycles. The lowest BCUT2D eigenvalue weighted by atomic mass is 9.89. The summed E-state index contributed by atoms with van der Waals surface area (Å²) < 4.78 is 11.1. The Bertz CT molecular complexity index is 1380. The van der Waals surface area contributed by atoms with Crippen molar-refractivity contribution >= 4 is 33.5 Å². The first kappa shape index (κ1) is 26.6. The molecule has 0 N–H and O–H groups in total. The summed E-state index contributed by atoms with van der Waals surface area (Å²) in [6, 6.07) is 30.1. The maximum absolute atomic E-state index is 5.77. The van der Waals surface area contributed by atoms with Crippen LogP contribution in [0.5, 0.6) is 11.5 Å². The molecule has 0 radical (unpaired) electrons. The third kappa shape index (κ3) is 6.84. The number of methoxy groups -OCH3 is 1. The Morgan fingerprint density at radius 1 is 0.838 bits per heavy atom. The minimum Gasteiger partial charge on any atom is -0.497 e. The lowest BCUT2D eigenvalue weighted by Gasteiger charge is -2.16. The van der Waals surface area contributed by atoms with Crippen LogP contribution in [0, 0.1) is 0 Å². The molecule has 2 nitrogen and oxygen atoms in total. The minimum atomic E-state index is 0.479. The largest absolute Gasteiger partial charge is 0.497 e. The van der Waals surface area contributed by atoms with Gasteiger partial charge in [-0.1, -0.05) is 72.8 Å². The number of aryl methyl sites for hydroxylation is 1. The maximum atomic E-state index is 5.77. The van der Waals surface area contributed by atoms with Crippen molar-refractivity contribution in [1.82, 2.24) is 0 Å². The number of fused-ring (bicyclic) bond motifs is 1. The molecule has 0 fully saturated rings. The summed E-state index contributed by atoms with van der Waals surface area (Å²) in [7, 11) is 1.71. The molecule has 0 aromatic heterocycles. The number of hydrogen-bond acceptors (Lipinski definition) is 2. The Balaban J connectivity index is 1.68. The van der Waals surface area contributed by atoms with E-state index in [1.165, 1.54) is 49.7 Å². The quantitative estimate of drug-likeness (QED) is 0.114. The van der Waals surface area contributed by atoms with Gasteiger partial charge < -0.3 is 9.47 Å². The second kappa shape index (κ2) is 12.7. The predicted molar refractivity (Wildman–Crippen MR) is 159 cm³/mol. The number of hydrogen-bond donors (Lipinski definition) is 0. The van der Waals surface area contributed by atoms with Crippen molar-refractivity contribution in [2.75, 3.05) is 19.6 Å². The van der Waals surface area contributed by atoms with Crippen molar-refractivity contribution in [3.05, 3.63) is 119 Å². The van der Waals surface area contributed by atoms with Crippen LogP contribution in [0.25, 0.3) is 21.9 Å². The van der Waals surface area contributed by atoms with Gasteiger partial charge >= 0.3 is 0 Å². The zero-order valence-electron chi connectivity index (χ0n) is 22.0. The highest BCUT2D eigenvalue weighted by Crippen LogP contribution is 2.33. The zero-order valence-corrected chi connectivity index (χ0v) is 22.8. The highest BCUT2D eigenvalue weighted by molar-refractivity contribution is 6.18. The van der Waals surface area contributed by atoms with E-state index in [2.05, 4.69) is 87.2 Å². The Kier molecular flexibility index (Phi) is 9.09. The van der Waals surface area contributed by atoms with Gasteiger partial charge in [0.05, 0.1) is 13.0 Å². The lowest BCUT2D eigenvalue weighted by molar-refractivity contribution is 0.343. The van der Waals surface area contributed by atoms with Crippen LogP contribution in [0.4, 0.5) is 0 Å². The average molecular weight is 511 g/mol. The molecule has 0 bridgehead atoms. The topological polar surface area (TPSA) is 18.5 Å². The van der Waals surface area contributed by atoms with E-state index in [9.17, 15) is 0 Å². The van der Waals surface area contributed by atoms with Gasteiger partial charge in [-0.15, -0.1) is 11.6 Å². The van der Waals surface area contributed by atoms with Crippen LogP contribution >= 0.6 is 11.6 Å². The van der Waals surface area contributed by atoms with Gasteiger partial charge in [0.25, 0.3) is 0 Å². The molecule has 0 saturated carbocycles. The summed E-state index contributed by atoms with van der Waals surface area (Å²) in [6.07, 6.45) is 2.78. The standard InChI is InChI=1S/C34H35ClO2/c1-24(2)22-26-8-10-29(11-9-26)33(25(3)27-12-15-31(16-13-27)37-21-20-35)18-14-28-6-5-7-30-23-32(36-4)17-19-34(28)30/h5-13,15-17,19,23H,1,14,18,20-22H2,2-4H3/b33-25-. The minimum absolute atomic E-state index is 0.479. The molecule has 0 aliphatic heterocycles. The first-order chi connectivity index (χ1) is 18.0. The number of allylic oxidation sites excluding steroid dienone is 3. The van der Waals surface area contributed by atoms with E-state index in [1.54, 1.807) is 7.11 Å². The Labute approximate surface area is 226 Å². The van der Waals surface area contributed by atoms with Gasteiger partial charge in [0.15, 0.2) is 0 Å². The zero-order chi connectivity index (χ0) is 26.2. The third-order valence-corrected chi connectivity index (χ3v) is 6.87. The number of rotatable bonds is 11. The summed E-state index contributed by atoms with van der Waals surface area (Å²) >= 11 is 5.77. The smallest absolute Gasteiger partial charge is 0.119 e. The van der Waals surface area contributed by atoms with Crippen molar-refractivity contribution in [3.8, 4) is 11.5 Å². The molecule has 0 heterocycles. The van der Waals surface area contributed by atoms with Gasteiger partial charge in [0.2, 0.25) is 0 Å². The molecule has 0 aliphatic carbocycles. The number of benzene rings is 4. The fraction of sp³-hybridized carbons (Fsp3) is 0.235. The summed E-state index contributed by atoms with van der Waals surface area (Å²) in [5.41, 5.74) is 8.88. The molecule has 190 valence electrons. The number of halogens is 1. The SMILES string of the molecule is C=C(C)Cc1ccc(/C(CCc2cccc3cc(OC)ccc23)=C(/C)c2ccc(OCCCl)cc2)cc1. The molecule has 0 amide bonds. The molecule has 4 aromatic rings. The summed E-state index contributed by atoms with van der Waals surface area (Å²) in [6.45, 7) is 8.87. The average Bonchev–Trinajstić information content (AvgIpc) is 2.92. The molecule has 4 rings (SSSR count). The molecule has 0 unspecified atom stereocenters. The molecular formula is C34H35ClO2. The molecule has 37 heavy (non-hydrogen) atoms. The summed E-state index contributed by atoms with van der Waals surface area (Å²) in [4.78, 5) is 0. The van der Waals surface area contributed by atoms with Crippen LogP contribution in [-0.2, 0) is 12.8 Å². The summed E-state index contributed by atoms with van der Waals surface area (Å²) in [5.74, 6) is 2.20. The van der Waals surface area contributed by atoms with E-state index in [0.717, 1.165) is 30.8 Å². The predicted octanol–water partition coefficient (Wildman–Crippen LogP) is 9.15. The lowest BCUT2D eigenvalue weighted by Crippen LogP contribution is -1.98. The van der Waals surface area contributed by atoms with Crippen molar-refractivity contribution in [3.63, 3.8) is 0 Å². The van der Waals surface area contributed by atoms with Crippen molar-refractivity contribution in [2.24, 2.45) is 0 Å². The number of ether oxygens (including phenoxy) is 2. The molecule has 0 saturated heterocycles. The van der Waals surface area contributed by atoms with Gasteiger partial charge in [-0.2, -0.15) is 0 Å². The summed E-state index contributed by atoms with van der Waals surface area (Å²) in [5, 5.41) is 2.48. The normalized spacial score (nSPS) is 11.8. The fourth-order valence-electron chi connectivity index (χ4n) is 4.79. The third-order valence-electron chi connectivity index (χ3n) is 6.72. The van der Waals surface area contributed by atoms with Gasteiger partial charge in [-0.25, -0.2) is 0 Å². The van der Waals surface area contributed by atoms with Gasteiger partial charge in [0.1, 0.15) is 18.1 Å². The van der Waals surface area contributed by atoms with Crippen LogP contribution in [0.1, 0.15) is 42.5 Å². The van der Waals surface area contributed by atoms with Crippen LogP contribution in [0.15, 0.2) is 97.1 Å². The molecule has 0 spiro atoms. The monoisotopic (exact) mass is 510 g/mol. The van der Waals surface area contributed by atoms with Crippen LogP contribution in [0.2, 0.25) is 0 Å². The Morgan fingerprint density at radius 2 is 1.54 bits per heavy atom. The van der Waals surface area contributed by atoms with E-state index in [1.807, 2.05) is 18.2 Å². The van der Waals surface area contributed by atoms with E-state index in [0.29, 0.717) is 12.5 Å². The fourth-order valence-corrected chi connectivity index (χ4v) is 4.86. The Hall–Kier alpha value is -3.49. The highest BCUT2D eigenvalue weighted by atomic mass is 35.5. The van der Waals surface area contributed by atoms with Crippen molar-refractivity contribution in [1.29, 1.82) is 0 Å². The van der Waals surface area contributed by atoms with Crippen LogP contribution in [0.3, 0.4) is 0 Å². The van der Waals surface area contributed by atoms with Crippen molar-refractivity contribution in [2.45, 2.75) is 33.1 Å². The molecule has 0 atom stereocenters. The van der Waals surface area contributed by atoms with E-state index >= 15 is 0 Å². The van der Waals surface area contributed by atoms with E-state index < -0.39 is 0 Å². The van der Waals surface area contributed by atoms with Gasteiger partial charge in [-0.05, 0) is 102 Å². The van der Waals surface area contributed by atoms with Crippen LogP contribution < -0.4 is 9.47 Å². The second-order valence-electron chi connectivity index (χ2n) is 9.50. The van der Waals surface area contributed by atoms with E-state index in [4.69, 9.17) is 21.1 Å². The van der Waals surface area contributed by atoms with Gasteiger partial charge in [0, 0.05) is 0 Å². The first-order valence-corrected chi connectivity index (χ1v) is 13.3. The maximum Gasteiger partial charge on any atom is 0.119 e. The van der Waals surface area contributed by atoms with Crippen LogP contribution in [-0.4, -0.2) is 19.6 Å². The van der Waals surface area contributed by atoms with Gasteiger partial charge in [-0.3, -0.25) is 0 Å². The number of alkyl halides is 1.